The Hall–Kier alpha value is -0.860. The first-order valence-corrected chi connectivity index (χ1v) is 5.88. The van der Waals surface area contributed by atoms with Crippen molar-refractivity contribution in [3.05, 3.63) is 35.9 Å². The quantitative estimate of drug-likeness (QED) is 0.784. The van der Waals surface area contributed by atoms with Crippen LogP contribution in [0.15, 0.2) is 30.3 Å². The van der Waals surface area contributed by atoms with Crippen molar-refractivity contribution < 1.29 is 0 Å². The van der Waals surface area contributed by atoms with Crippen molar-refractivity contribution in [3.8, 4) is 0 Å². The van der Waals surface area contributed by atoms with Gasteiger partial charge in [-0.2, -0.15) is 0 Å². The lowest BCUT2D eigenvalue weighted by Gasteiger charge is -2.17. The van der Waals surface area contributed by atoms with Crippen LogP contribution in [0.4, 0.5) is 0 Å². The van der Waals surface area contributed by atoms with Crippen molar-refractivity contribution in [1.82, 2.24) is 10.6 Å². The number of nitrogens with one attached hydrogen (secondary N) is 2. The molecule has 15 heavy (non-hydrogen) atoms. The average Bonchev–Trinajstić information content (AvgIpc) is 2.80. The Kier molecular flexibility index (Phi) is 3.75. The summed E-state index contributed by atoms with van der Waals surface area (Å²) in [5, 5.41) is 7.08. The van der Waals surface area contributed by atoms with Gasteiger partial charge in [0.2, 0.25) is 0 Å². The highest BCUT2D eigenvalue weighted by Crippen LogP contribution is 2.12. The monoisotopic (exact) mass is 204 g/mol. The molecular weight excluding hydrogens is 184 g/mol. The van der Waals surface area contributed by atoms with Gasteiger partial charge in [-0.25, -0.2) is 0 Å². The molecule has 0 saturated carbocycles. The minimum atomic E-state index is 0.452. The van der Waals surface area contributed by atoms with Gasteiger partial charge in [0.05, 0.1) is 0 Å². The number of rotatable bonds is 4. The Labute approximate surface area is 92.1 Å². The zero-order chi connectivity index (χ0) is 10.5. The zero-order valence-electron chi connectivity index (χ0n) is 9.37. The lowest BCUT2D eigenvalue weighted by atomic mass is 10.1. The molecule has 2 heteroatoms. The van der Waals surface area contributed by atoms with Crippen LogP contribution in [0.1, 0.15) is 31.4 Å². The molecule has 0 aliphatic carbocycles. The van der Waals surface area contributed by atoms with E-state index in [0.717, 1.165) is 6.54 Å². The number of hydrogen-bond donors (Lipinski definition) is 2. The second-order valence-electron chi connectivity index (χ2n) is 4.33. The summed E-state index contributed by atoms with van der Waals surface area (Å²) in [7, 11) is 0. The SMILES string of the molecule is C[C@@H](NCC1CCCN1)c1ccccc1. The summed E-state index contributed by atoms with van der Waals surface area (Å²) in [5.74, 6) is 0. The van der Waals surface area contributed by atoms with Crippen LogP contribution >= 0.6 is 0 Å². The van der Waals surface area contributed by atoms with Gasteiger partial charge in [-0.3, -0.25) is 0 Å². The predicted molar refractivity (Wildman–Crippen MR) is 63.9 cm³/mol. The third kappa shape index (κ3) is 3.05. The van der Waals surface area contributed by atoms with Crippen LogP contribution in [0, 0.1) is 0 Å². The Morgan fingerprint density at radius 1 is 1.40 bits per heavy atom. The van der Waals surface area contributed by atoms with E-state index in [1.54, 1.807) is 0 Å². The molecule has 1 heterocycles. The van der Waals surface area contributed by atoms with Gasteiger partial charge in [0, 0.05) is 18.6 Å². The molecule has 2 N–H and O–H groups in total. The van der Waals surface area contributed by atoms with E-state index < -0.39 is 0 Å². The third-order valence-corrected chi connectivity index (χ3v) is 3.13. The van der Waals surface area contributed by atoms with Crippen LogP contribution in [0.5, 0.6) is 0 Å². The molecule has 1 aromatic rings. The molecule has 1 aliphatic rings. The highest BCUT2D eigenvalue weighted by molar-refractivity contribution is 5.18. The first-order chi connectivity index (χ1) is 7.36. The summed E-state index contributed by atoms with van der Waals surface area (Å²) in [5.41, 5.74) is 1.37. The topological polar surface area (TPSA) is 24.1 Å². The van der Waals surface area contributed by atoms with E-state index in [1.807, 2.05) is 0 Å². The summed E-state index contributed by atoms with van der Waals surface area (Å²) in [6.07, 6.45) is 2.64. The van der Waals surface area contributed by atoms with Gasteiger partial charge in [-0.15, -0.1) is 0 Å². The van der Waals surface area contributed by atoms with Crippen LogP contribution in [-0.2, 0) is 0 Å². The fourth-order valence-electron chi connectivity index (χ4n) is 2.11. The Balaban J connectivity index is 1.79. The maximum Gasteiger partial charge on any atom is 0.0292 e. The predicted octanol–water partition coefficient (Wildman–Crippen LogP) is 2.09. The third-order valence-electron chi connectivity index (χ3n) is 3.13. The van der Waals surface area contributed by atoms with Gasteiger partial charge in [0.15, 0.2) is 0 Å². The minimum Gasteiger partial charge on any atom is -0.313 e. The molecule has 1 aliphatic heterocycles. The van der Waals surface area contributed by atoms with Gasteiger partial charge < -0.3 is 10.6 Å². The largest absolute Gasteiger partial charge is 0.313 e. The molecule has 0 spiro atoms. The lowest BCUT2D eigenvalue weighted by Crippen LogP contribution is -2.35. The molecule has 2 rings (SSSR count). The van der Waals surface area contributed by atoms with Crippen molar-refractivity contribution in [2.45, 2.75) is 31.8 Å². The molecular formula is C13H20N2. The van der Waals surface area contributed by atoms with Gasteiger partial charge >= 0.3 is 0 Å². The molecule has 0 aromatic heterocycles. The summed E-state index contributed by atoms with van der Waals surface area (Å²) in [4.78, 5) is 0. The lowest BCUT2D eigenvalue weighted by molar-refractivity contribution is 0.490. The van der Waals surface area contributed by atoms with Crippen molar-refractivity contribution in [2.75, 3.05) is 13.1 Å². The second-order valence-corrected chi connectivity index (χ2v) is 4.33. The Morgan fingerprint density at radius 2 is 2.20 bits per heavy atom. The van der Waals surface area contributed by atoms with Crippen molar-refractivity contribution >= 4 is 0 Å². The molecule has 1 fully saturated rings. The average molecular weight is 204 g/mol. The molecule has 0 radical (unpaired) electrons. The van der Waals surface area contributed by atoms with Crippen molar-refractivity contribution in [2.24, 2.45) is 0 Å². The van der Waals surface area contributed by atoms with Crippen LogP contribution in [0.25, 0.3) is 0 Å². The Morgan fingerprint density at radius 3 is 2.87 bits per heavy atom. The van der Waals surface area contributed by atoms with E-state index in [4.69, 9.17) is 0 Å². The number of benzene rings is 1. The van der Waals surface area contributed by atoms with Gasteiger partial charge in [-0.1, -0.05) is 30.3 Å². The molecule has 2 atom stereocenters. The maximum atomic E-state index is 3.58. The summed E-state index contributed by atoms with van der Waals surface area (Å²) in [6, 6.07) is 11.8. The molecule has 82 valence electrons. The van der Waals surface area contributed by atoms with Crippen molar-refractivity contribution in [1.29, 1.82) is 0 Å². The fourth-order valence-corrected chi connectivity index (χ4v) is 2.11. The molecule has 1 aromatic carbocycles. The first kappa shape index (κ1) is 10.7. The smallest absolute Gasteiger partial charge is 0.0292 e. The van der Waals surface area contributed by atoms with Gasteiger partial charge in [0.25, 0.3) is 0 Å². The Bertz CT molecular complexity index is 278. The summed E-state index contributed by atoms with van der Waals surface area (Å²) >= 11 is 0. The normalized spacial score (nSPS) is 22.9. The summed E-state index contributed by atoms with van der Waals surface area (Å²) < 4.78 is 0. The van der Waals surface area contributed by atoms with E-state index in [0.29, 0.717) is 12.1 Å². The molecule has 1 unspecified atom stereocenters. The van der Waals surface area contributed by atoms with Crippen molar-refractivity contribution in [3.63, 3.8) is 0 Å². The van der Waals surface area contributed by atoms with Crippen LogP contribution in [0.3, 0.4) is 0 Å². The highest BCUT2D eigenvalue weighted by Gasteiger charge is 2.14. The summed E-state index contributed by atoms with van der Waals surface area (Å²) in [6.45, 7) is 4.49. The molecule has 0 amide bonds. The van der Waals surface area contributed by atoms with Crippen LogP contribution < -0.4 is 10.6 Å². The first-order valence-electron chi connectivity index (χ1n) is 5.88. The van der Waals surface area contributed by atoms with Crippen LogP contribution in [-0.4, -0.2) is 19.1 Å². The minimum absolute atomic E-state index is 0.452. The molecule has 2 nitrogen and oxygen atoms in total. The molecule has 1 saturated heterocycles. The van der Waals surface area contributed by atoms with Gasteiger partial charge in [-0.05, 0) is 31.9 Å². The zero-order valence-corrected chi connectivity index (χ0v) is 9.37. The van der Waals surface area contributed by atoms with Gasteiger partial charge in [0.1, 0.15) is 0 Å². The van der Waals surface area contributed by atoms with E-state index >= 15 is 0 Å². The van der Waals surface area contributed by atoms with E-state index in [2.05, 4.69) is 47.9 Å². The van der Waals surface area contributed by atoms with E-state index in [9.17, 15) is 0 Å². The van der Waals surface area contributed by atoms with Crippen LogP contribution in [0.2, 0.25) is 0 Å². The van der Waals surface area contributed by atoms with E-state index in [-0.39, 0.29) is 0 Å². The standard InChI is InChI=1S/C13H20N2/c1-11(12-6-3-2-4-7-12)15-10-13-8-5-9-14-13/h2-4,6-7,11,13-15H,5,8-10H2,1H3/t11-,13?/m1/s1. The highest BCUT2D eigenvalue weighted by atomic mass is 15.0. The number of hydrogen-bond acceptors (Lipinski definition) is 2. The second kappa shape index (κ2) is 5.29. The molecule has 0 bridgehead atoms. The fraction of sp³-hybridized carbons (Fsp3) is 0.538. The maximum absolute atomic E-state index is 3.58. The van der Waals surface area contributed by atoms with E-state index in [1.165, 1.54) is 24.9 Å².